The van der Waals surface area contributed by atoms with Crippen molar-refractivity contribution in [3.63, 3.8) is 0 Å². The summed E-state index contributed by atoms with van der Waals surface area (Å²) < 4.78 is 2.13. The highest BCUT2D eigenvalue weighted by molar-refractivity contribution is 9.08. The van der Waals surface area contributed by atoms with Gasteiger partial charge in [-0.25, -0.2) is 4.98 Å². The van der Waals surface area contributed by atoms with Crippen LogP contribution in [-0.4, -0.2) is 21.0 Å². The molecule has 0 aliphatic carbocycles. The fourth-order valence-electron chi connectivity index (χ4n) is 2.48. The molecule has 2 heterocycles. The topological polar surface area (TPSA) is 64.2 Å². The van der Waals surface area contributed by atoms with E-state index in [0.717, 1.165) is 36.7 Å². The van der Waals surface area contributed by atoms with Crippen LogP contribution < -0.4 is 4.90 Å². The molecule has 3 rings (SSSR count). The fraction of sp³-hybridized carbons (Fsp3) is 0.308. The van der Waals surface area contributed by atoms with Gasteiger partial charge >= 0.3 is 0 Å². The third-order valence-corrected chi connectivity index (χ3v) is 4.11. The smallest absolute Gasteiger partial charge is 0.269 e. The summed E-state index contributed by atoms with van der Waals surface area (Å²) >= 11 is 3.41. The number of fused-ring (bicyclic) bond motifs is 1. The van der Waals surface area contributed by atoms with Gasteiger partial charge in [0.1, 0.15) is 5.82 Å². The monoisotopic (exact) mass is 336 g/mol. The highest BCUT2D eigenvalue weighted by Gasteiger charge is 2.20. The van der Waals surface area contributed by atoms with Crippen LogP contribution >= 0.6 is 15.9 Å². The first-order valence-electron chi connectivity index (χ1n) is 6.27. The van der Waals surface area contributed by atoms with Gasteiger partial charge in [0.25, 0.3) is 5.69 Å². The van der Waals surface area contributed by atoms with Crippen molar-refractivity contribution in [3.8, 4) is 0 Å². The van der Waals surface area contributed by atoms with E-state index in [-0.39, 0.29) is 10.6 Å². The molecule has 0 N–H and O–H groups in total. The summed E-state index contributed by atoms with van der Waals surface area (Å²) in [7, 11) is 0. The Morgan fingerprint density at radius 3 is 3.00 bits per heavy atom. The fourth-order valence-corrected chi connectivity index (χ4v) is 2.93. The molecule has 0 atom stereocenters. The molecule has 0 radical (unpaired) electrons. The van der Waals surface area contributed by atoms with Crippen molar-refractivity contribution in [2.45, 2.75) is 18.4 Å². The van der Waals surface area contributed by atoms with Crippen molar-refractivity contribution in [3.05, 3.63) is 52.1 Å². The number of alkyl halides is 1. The lowest BCUT2D eigenvalue weighted by Crippen LogP contribution is -2.34. The van der Waals surface area contributed by atoms with E-state index in [1.807, 2.05) is 12.3 Å². The zero-order chi connectivity index (χ0) is 14.1. The van der Waals surface area contributed by atoms with Crippen LogP contribution in [0.5, 0.6) is 0 Å². The zero-order valence-corrected chi connectivity index (χ0v) is 12.3. The number of hydrogen-bond acceptors (Lipinski definition) is 4. The van der Waals surface area contributed by atoms with E-state index in [1.54, 1.807) is 18.3 Å². The second kappa shape index (κ2) is 5.24. The lowest BCUT2D eigenvalue weighted by Gasteiger charge is -2.30. The van der Waals surface area contributed by atoms with Crippen LogP contribution in [0.3, 0.4) is 0 Å². The Morgan fingerprint density at radius 1 is 1.40 bits per heavy atom. The SMILES string of the molecule is O=[N+]([O-])c1ccc(N2CCn3ccnc3C2)c(CBr)c1. The van der Waals surface area contributed by atoms with Crippen LogP contribution in [0.1, 0.15) is 11.4 Å². The average molecular weight is 337 g/mol. The molecule has 2 aromatic rings. The molecule has 20 heavy (non-hydrogen) atoms. The van der Waals surface area contributed by atoms with Gasteiger partial charge in [-0.15, -0.1) is 0 Å². The van der Waals surface area contributed by atoms with Crippen molar-refractivity contribution in [1.82, 2.24) is 9.55 Å². The third-order valence-electron chi connectivity index (χ3n) is 3.50. The van der Waals surface area contributed by atoms with Crippen molar-refractivity contribution in [2.75, 3.05) is 11.4 Å². The molecular formula is C13H13BrN4O2. The molecule has 1 aromatic heterocycles. The predicted octanol–water partition coefficient (Wildman–Crippen LogP) is 2.71. The molecule has 0 amide bonds. The number of anilines is 1. The van der Waals surface area contributed by atoms with Gasteiger partial charge < -0.3 is 9.47 Å². The van der Waals surface area contributed by atoms with Crippen molar-refractivity contribution in [1.29, 1.82) is 0 Å². The van der Waals surface area contributed by atoms with Crippen molar-refractivity contribution < 1.29 is 4.92 Å². The zero-order valence-electron chi connectivity index (χ0n) is 10.7. The molecule has 0 fully saturated rings. The lowest BCUT2D eigenvalue weighted by atomic mass is 10.1. The molecule has 0 spiro atoms. The normalized spacial score (nSPS) is 14.2. The first-order chi connectivity index (χ1) is 9.69. The first-order valence-corrected chi connectivity index (χ1v) is 7.39. The Balaban J connectivity index is 1.93. The number of imidazole rings is 1. The van der Waals surface area contributed by atoms with E-state index in [4.69, 9.17) is 0 Å². The lowest BCUT2D eigenvalue weighted by molar-refractivity contribution is -0.384. The van der Waals surface area contributed by atoms with Crippen LogP contribution in [0.4, 0.5) is 11.4 Å². The minimum absolute atomic E-state index is 0.127. The van der Waals surface area contributed by atoms with Gasteiger partial charge in [0, 0.05) is 48.6 Å². The van der Waals surface area contributed by atoms with Gasteiger partial charge in [-0.3, -0.25) is 10.1 Å². The average Bonchev–Trinajstić information content (AvgIpc) is 2.93. The molecule has 1 aliphatic rings. The molecule has 0 saturated carbocycles. The van der Waals surface area contributed by atoms with Gasteiger partial charge in [0.2, 0.25) is 0 Å². The summed E-state index contributed by atoms with van der Waals surface area (Å²) in [6, 6.07) is 5.01. The van der Waals surface area contributed by atoms with E-state index in [1.165, 1.54) is 0 Å². The van der Waals surface area contributed by atoms with Crippen LogP contribution in [0.2, 0.25) is 0 Å². The Morgan fingerprint density at radius 2 is 2.25 bits per heavy atom. The molecule has 0 saturated heterocycles. The van der Waals surface area contributed by atoms with E-state index in [2.05, 4.69) is 30.4 Å². The standard InChI is InChI=1S/C13H13BrN4O2/c14-8-10-7-11(18(19)20)1-2-12(10)17-6-5-16-4-3-15-13(16)9-17/h1-4,7H,5-6,8-9H2. The van der Waals surface area contributed by atoms with Gasteiger partial charge in [0.05, 0.1) is 11.5 Å². The number of halogens is 1. The van der Waals surface area contributed by atoms with Gasteiger partial charge in [-0.1, -0.05) is 15.9 Å². The van der Waals surface area contributed by atoms with E-state index >= 15 is 0 Å². The summed E-state index contributed by atoms with van der Waals surface area (Å²) in [6.07, 6.45) is 3.79. The number of non-ortho nitro benzene ring substituents is 1. The Kier molecular flexibility index (Phi) is 3.43. The van der Waals surface area contributed by atoms with Crippen molar-refractivity contribution in [2.24, 2.45) is 0 Å². The molecule has 6 nitrogen and oxygen atoms in total. The third kappa shape index (κ3) is 2.29. The summed E-state index contributed by atoms with van der Waals surface area (Å²) in [4.78, 5) is 17.0. The number of benzene rings is 1. The quantitative estimate of drug-likeness (QED) is 0.491. The van der Waals surface area contributed by atoms with E-state index < -0.39 is 0 Å². The minimum Gasteiger partial charge on any atom is -0.362 e. The molecule has 7 heteroatoms. The van der Waals surface area contributed by atoms with Gasteiger partial charge in [0.15, 0.2) is 0 Å². The highest BCUT2D eigenvalue weighted by atomic mass is 79.9. The summed E-state index contributed by atoms with van der Waals surface area (Å²) in [5.74, 6) is 1.02. The Hall–Kier alpha value is -1.89. The van der Waals surface area contributed by atoms with Gasteiger partial charge in [-0.05, 0) is 11.6 Å². The summed E-state index contributed by atoms with van der Waals surface area (Å²) in [6.45, 7) is 2.49. The Labute approximate surface area is 124 Å². The van der Waals surface area contributed by atoms with Crippen LogP contribution in [-0.2, 0) is 18.4 Å². The summed E-state index contributed by atoms with van der Waals surface area (Å²) in [5, 5.41) is 11.4. The molecular weight excluding hydrogens is 324 g/mol. The molecule has 1 aliphatic heterocycles. The molecule has 0 unspecified atom stereocenters. The molecule has 1 aromatic carbocycles. The second-order valence-corrected chi connectivity index (χ2v) is 5.22. The summed E-state index contributed by atoms with van der Waals surface area (Å²) in [5.41, 5.74) is 2.09. The number of nitro groups is 1. The van der Waals surface area contributed by atoms with E-state index in [9.17, 15) is 10.1 Å². The predicted molar refractivity (Wildman–Crippen MR) is 79.0 cm³/mol. The molecule has 0 bridgehead atoms. The maximum atomic E-state index is 10.8. The van der Waals surface area contributed by atoms with Crippen LogP contribution in [0, 0.1) is 10.1 Å². The van der Waals surface area contributed by atoms with Gasteiger partial charge in [-0.2, -0.15) is 0 Å². The number of nitro benzene ring substituents is 1. The maximum Gasteiger partial charge on any atom is 0.269 e. The Bertz CT molecular complexity index is 656. The first kappa shape index (κ1) is 13.1. The highest BCUT2D eigenvalue weighted by Crippen LogP contribution is 2.29. The van der Waals surface area contributed by atoms with Crippen molar-refractivity contribution >= 4 is 27.3 Å². The number of nitrogens with zero attached hydrogens (tertiary/aromatic N) is 4. The maximum absolute atomic E-state index is 10.8. The number of aromatic nitrogens is 2. The minimum atomic E-state index is -0.362. The molecule has 104 valence electrons. The second-order valence-electron chi connectivity index (χ2n) is 4.66. The van der Waals surface area contributed by atoms with Crippen LogP contribution in [0.25, 0.3) is 0 Å². The largest absolute Gasteiger partial charge is 0.362 e. The van der Waals surface area contributed by atoms with E-state index in [0.29, 0.717) is 5.33 Å². The number of rotatable bonds is 3. The number of hydrogen-bond donors (Lipinski definition) is 0. The van der Waals surface area contributed by atoms with Crippen LogP contribution in [0.15, 0.2) is 30.6 Å².